The number of carbonyl (C=O) groups is 2. The average Bonchev–Trinajstić information content (AvgIpc) is 2.67. The predicted octanol–water partition coefficient (Wildman–Crippen LogP) is 3.63. The minimum atomic E-state index is -0.772. The van der Waals surface area contributed by atoms with E-state index in [9.17, 15) is 9.59 Å². The standard InChI is InChI=1S/C12H7Cl3O4/c1-2-18-12(17)9(15)10-5-3-7(13)8(14)4-6(5)11(16)19-10/h3-4H,2H2,1H3/b10-9-. The van der Waals surface area contributed by atoms with E-state index in [1.54, 1.807) is 6.92 Å². The van der Waals surface area contributed by atoms with Crippen LogP contribution in [0, 0.1) is 0 Å². The van der Waals surface area contributed by atoms with Gasteiger partial charge in [0.05, 0.1) is 22.2 Å². The van der Waals surface area contributed by atoms with Gasteiger partial charge in [0.25, 0.3) is 0 Å². The van der Waals surface area contributed by atoms with Crippen molar-refractivity contribution in [3.05, 3.63) is 38.3 Å². The van der Waals surface area contributed by atoms with Crippen molar-refractivity contribution in [3.63, 3.8) is 0 Å². The Bertz CT molecular complexity index is 607. The molecule has 0 aromatic heterocycles. The molecule has 1 aliphatic rings. The van der Waals surface area contributed by atoms with Gasteiger partial charge in [0.2, 0.25) is 0 Å². The van der Waals surface area contributed by atoms with E-state index in [4.69, 9.17) is 44.3 Å². The maximum atomic E-state index is 11.7. The lowest BCUT2D eigenvalue weighted by molar-refractivity contribution is -0.137. The molecule has 19 heavy (non-hydrogen) atoms. The third kappa shape index (κ3) is 2.56. The van der Waals surface area contributed by atoms with Gasteiger partial charge in [0, 0.05) is 5.56 Å². The van der Waals surface area contributed by atoms with Gasteiger partial charge in [-0.2, -0.15) is 0 Å². The van der Waals surface area contributed by atoms with Crippen LogP contribution >= 0.6 is 34.8 Å². The van der Waals surface area contributed by atoms with Crippen molar-refractivity contribution in [2.45, 2.75) is 6.92 Å². The van der Waals surface area contributed by atoms with Crippen LogP contribution in [-0.4, -0.2) is 18.5 Å². The van der Waals surface area contributed by atoms with Crippen LogP contribution in [0.3, 0.4) is 0 Å². The van der Waals surface area contributed by atoms with Crippen LogP contribution in [0.4, 0.5) is 0 Å². The van der Waals surface area contributed by atoms with Gasteiger partial charge in [-0.25, -0.2) is 9.59 Å². The zero-order valence-corrected chi connectivity index (χ0v) is 11.9. The van der Waals surface area contributed by atoms with Crippen LogP contribution in [0.15, 0.2) is 17.2 Å². The summed E-state index contributed by atoms with van der Waals surface area (Å²) in [5, 5.41) is 0.128. The predicted molar refractivity (Wildman–Crippen MR) is 71.3 cm³/mol. The third-order valence-electron chi connectivity index (χ3n) is 2.37. The number of carbonyl (C=O) groups excluding carboxylic acids is 2. The van der Waals surface area contributed by atoms with Gasteiger partial charge in [-0.15, -0.1) is 0 Å². The van der Waals surface area contributed by atoms with Gasteiger partial charge < -0.3 is 9.47 Å². The van der Waals surface area contributed by atoms with Crippen LogP contribution in [0.1, 0.15) is 22.8 Å². The Hall–Kier alpha value is -1.23. The lowest BCUT2D eigenvalue weighted by Gasteiger charge is -2.04. The summed E-state index contributed by atoms with van der Waals surface area (Å²) in [7, 11) is 0. The molecular weight excluding hydrogens is 314 g/mol. The number of cyclic esters (lactones) is 1. The molecule has 7 heteroatoms. The van der Waals surface area contributed by atoms with Crippen molar-refractivity contribution in [1.82, 2.24) is 0 Å². The SMILES string of the molecule is CCOC(=O)/C(Cl)=C1/OC(=O)c2cc(Cl)c(Cl)cc21. The summed E-state index contributed by atoms with van der Waals surface area (Å²) in [5.41, 5.74) is 0.518. The number of benzene rings is 1. The largest absolute Gasteiger partial charge is 0.462 e. The first kappa shape index (κ1) is 14.2. The van der Waals surface area contributed by atoms with Gasteiger partial charge in [-0.1, -0.05) is 34.8 Å². The van der Waals surface area contributed by atoms with Crippen molar-refractivity contribution in [2.24, 2.45) is 0 Å². The van der Waals surface area contributed by atoms with E-state index in [0.29, 0.717) is 5.56 Å². The average molecular weight is 322 g/mol. The zero-order valence-electron chi connectivity index (χ0n) is 9.63. The van der Waals surface area contributed by atoms with Gasteiger partial charge in [-0.05, 0) is 19.1 Å². The maximum Gasteiger partial charge on any atom is 0.353 e. The molecule has 0 N–H and O–H groups in total. The highest BCUT2D eigenvalue weighted by molar-refractivity contribution is 6.45. The molecule has 0 fully saturated rings. The summed E-state index contributed by atoms with van der Waals surface area (Å²) in [4.78, 5) is 23.2. The van der Waals surface area contributed by atoms with E-state index in [1.807, 2.05) is 0 Å². The van der Waals surface area contributed by atoms with E-state index in [0.717, 1.165) is 0 Å². The van der Waals surface area contributed by atoms with Crippen LogP contribution in [0.2, 0.25) is 10.0 Å². The Morgan fingerprint density at radius 3 is 2.42 bits per heavy atom. The van der Waals surface area contributed by atoms with Crippen molar-refractivity contribution in [3.8, 4) is 0 Å². The van der Waals surface area contributed by atoms with E-state index >= 15 is 0 Å². The van der Waals surface area contributed by atoms with Crippen molar-refractivity contribution >= 4 is 52.5 Å². The third-order valence-corrected chi connectivity index (χ3v) is 3.42. The lowest BCUT2D eigenvalue weighted by atomic mass is 10.1. The molecule has 1 aromatic carbocycles. The number of hydrogen-bond donors (Lipinski definition) is 0. The Balaban J connectivity index is 2.55. The molecule has 0 saturated heterocycles. The fourth-order valence-corrected chi connectivity index (χ4v) is 2.08. The van der Waals surface area contributed by atoms with Gasteiger partial charge in [-0.3, -0.25) is 0 Å². The monoisotopic (exact) mass is 320 g/mol. The molecule has 100 valence electrons. The Kier molecular flexibility index (Phi) is 4.04. The highest BCUT2D eigenvalue weighted by atomic mass is 35.5. The summed E-state index contributed by atoms with van der Waals surface area (Å²) < 4.78 is 9.70. The Morgan fingerprint density at radius 1 is 1.26 bits per heavy atom. The second-order valence-electron chi connectivity index (χ2n) is 3.56. The quantitative estimate of drug-likeness (QED) is 0.616. The molecule has 0 unspecified atom stereocenters. The number of ether oxygens (including phenoxy) is 2. The summed E-state index contributed by atoms with van der Waals surface area (Å²) in [6, 6.07) is 2.78. The van der Waals surface area contributed by atoms with E-state index in [-0.39, 0.29) is 33.0 Å². The number of halogens is 3. The van der Waals surface area contributed by atoms with Crippen molar-refractivity contribution in [2.75, 3.05) is 6.61 Å². The molecule has 0 radical (unpaired) electrons. The second-order valence-corrected chi connectivity index (χ2v) is 4.76. The zero-order chi connectivity index (χ0) is 14.2. The molecule has 0 amide bonds. The number of esters is 2. The van der Waals surface area contributed by atoms with Crippen molar-refractivity contribution < 1.29 is 19.1 Å². The molecule has 0 saturated carbocycles. The molecule has 0 spiro atoms. The molecular formula is C12H7Cl3O4. The van der Waals surface area contributed by atoms with Crippen molar-refractivity contribution in [1.29, 1.82) is 0 Å². The molecule has 0 atom stereocenters. The van der Waals surface area contributed by atoms with E-state index < -0.39 is 11.9 Å². The van der Waals surface area contributed by atoms with Crippen LogP contribution in [-0.2, 0) is 14.3 Å². The number of rotatable bonds is 2. The maximum absolute atomic E-state index is 11.7. The fraction of sp³-hybridized carbons (Fsp3) is 0.167. The van der Waals surface area contributed by atoms with Crippen LogP contribution in [0.5, 0.6) is 0 Å². The Labute approximate surface area is 123 Å². The number of fused-ring (bicyclic) bond motifs is 1. The number of hydrogen-bond acceptors (Lipinski definition) is 4. The van der Waals surface area contributed by atoms with Gasteiger partial charge in [0.1, 0.15) is 0 Å². The molecule has 0 bridgehead atoms. The molecule has 1 aliphatic heterocycles. The molecule has 1 aromatic rings. The summed E-state index contributed by atoms with van der Waals surface area (Å²) in [6.07, 6.45) is 0. The van der Waals surface area contributed by atoms with Crippen LogP contribution in [0.25, 0.3) is 5.76 Å². The van der Waals surface area contributed by atoms with E-state index in [2.05, 4.69) is 0 Å². The first-order chi connectivity index (χ1) is 8.95. The lowest BCUT2D eigenvalue weighted by Crippen LogP contribution is -2.06. The molecule has 4 nitrogen and oxygen atoms in total. The normalized spacial score (nSPS) is 15.9. The minimum absolute atomic E-state index is 0.0707. The molecule has 0 aliphatic carbocycles. The molecule has 1 heterocycles. The van der Waals surface area contributed by atoms with E-state index in [1.165, 1.54) is 12.1 Å². The highest BCUT2D eigenvalue weighted by Crippen LogP contribution is 2.38. The van der Waals surface area contributed by atoms with Gasteiger partial charge >= 0.3 is 11.9 Å². The smallest absolute Gasteiger partial charge is 0.353 e. The summed E-state index contributed by atoms with van der Waals surface area (Å²) in [6.45, 7) is 1.79. The highest BCUT2D eigenvalue weighted by Gasteiger charge is 2.32. The van der Waals surface area contributed by atoms with Gasteiger partial charge in [0.15, 0.2) is 10.8 Å². The topological polar surface area (TPSA) is 52.6 Å². The fourth-order valence-electron chi connectivity index (χ4n) is 1.56. The van der Waals surface area contributed by atoms with Crippen LogP contribution < -0.4 is 0 Å². The summed E-state index contributed by atoms with van der Waals surface area (Å²) in [5.74, 6) is -1.49. The Morgan fingerprint density at radius 2 is 1.84 bits per heavy atom. The molecule has 2 rings (SSSR count). The minimum Gasteiger partial charge on any atom is -0.462 e. The summed E-state index contributed by atoms with van der Waals surface area (Å²) >= 11 is 17.5. The first-order valence-electron chi connectivity index (χ1n) is 5.24. The first-order valence-corrected chi connectivity index (χ1v) is 6.37. The second kappa shape index (κ2) is 5.41.